The fraction of sp³-hybridized carbons (Fsp3) is 0.500. The molecule has 0 saturated carbocycles. The Kier molecular flexibility index (Phi) is 6.10. The van der Waals surface area contributed by atoms with Crippen molar-refractivity contribution >= 4 is 28.3 Å². The number of rotatable bonds is 3. The zero-order valence-electron chi connectivity index (χ0n) is 13.4. The van der Waals surface area contributed by atoms with E-state index in [0.717, 1.165) is 31.9 Å². The minimum Gasteiger partial charge on any atom is -0.369 e. The van der Waals surface area contributed by atoms with E-state index in [2.05, 4.69) is 46.1 Å². The van der Waals surface area contributed by atoms with Crippen LogP contribution < -0.4 is 10.2 Å². The van der Waals surface area contributed by atoms with Crippen LogP contribution in [0.2, 0.25) is 0 Å². The lowest BCUT2D eigenvalue weighted by Gasteiger charge is -2.38. The molecule has 0 aromatic heterocycles. The van der Waals surface area contributed by atoms with E-state index >= 15 is 0 Å². The van der Waals surface area contributed by atoms with Crippen LogP contribution in [0.3, 0.4) is 0 Å². The lowest BCUT2D eigenvalue weighted by molar-refractivity contribution is 0.209. The van der Waals surface area contributed by atoms with Crippen molar-refractivity contribution < 1.29 is 0 Å². The van der Waals surface area contributed by atoms with Crippen LogP contribution in [0.15, 0.2) is 29.3 Å². The molecule has 1 aliphatic rings. The Balaban J connectivity index is 1.99. The summed E-state index contributed by atoms with van der Waals surface area (Å²) < 4.78 is 0. The molecule has 1 saturated heterocycles. The van der Waals surface area contributed by atoms with Crippen molar-refractivity contribution in [2.45, 2.75) is 19.9 Å². The first-order valence-corrected chi connectivity index (χ1v) is 8.73. The second-order valence-corrected chi connectivity index (χ2v) is 6.29. The molecule has 0 aliphatic carbocycles. The Morgan fingerprint density at radius 2 is 1.86 bits per heavy atom. The van der Waals surface area contributed by atoms with Crippen molar-refractivity contribution in [2.24, 2.45) is 4.99 Å². The van der Waals surface area contributed by atoms with Crippen molar-refractivity contribution in [3.8, 4) is 6.19 Å². The average Bonchev–Trinajstić information content (AvgIpc) is 2.55. The number of hydrogen-bond acceptors (Lipinski definition) is 5. The van der Waals surface area contributed by atoms with Crippen LogP contribution in [0.1, 0.15) is 13.8 Å². The maximum atomic E-state index is 8.65. The maximum Gasteiger partial charge on any atom is 0.183 e. The van der Waals surface area contributed by atoms with Gasteiger partial charge in [-0.25, -0.2) is 4.99 Å². The molecule has 1 N–H and O–H groups in total. The number of nitrogens with zero attached hydrogens (tertiary/aromatic N) is 4. The molecule has 0 atom stereocenters. The summed E-state index contributed by atoms with van der Waals surface area (Å²) in [6.45, 7) is 8.85. The number of piperazine rings is 1. The second kappa shape index (κ2) is 8.06. The topological polar surface area (TPSA) is 54.7 Å². The summed E-state index contributed by atoms with van der Waals surface area (Å²) in [5.41, 5.74) is 2.10. The Morgan fingerprint density at radius 1 is 1.23 bits per heavy atom. The Bertz CT molecular complexity index is 539. The molecule has 1 heterocycles. The summed E-state index contributed by atoms with van der Waals surface area (Å²) in [6.07, 6.45) is 3.80. The molecule has 0 unspecified atom stereocenters. The Morgan fingerprint density at radius 3 is 2.36 bits per heavy atom. The SMILES string of the molecule is CSC(=Nc1ccc(N2CCN(C(C)C)CC2)cc1)NC#N. The van der Waals surface area contributed by atoms with E-state index in [-0.39, 0.29) is 0 Å². The van der Waals surface area contributed by atoms with Gasteiger partial charge in [-0.2, -0.15) is 5.26 Å². The van der Waals surface area contributed by atoms with E-state index in [1.807, 2.05) is 24.6 Å². The van der Waals surface area contributed by atoms with Gasteiger partial charge in [0.15, 0.2) is 11.4 Å². The fourth-order valence-electron chi connectivity index (χ4n) is 2.52. The molecule has 0 spiro atoms. The highest BCUT2D eigenvalue weighted by Gasteiger charge is 2.18. The number of nitrogens with one attached hydrogen (secondary N) is 1. The standard InChI is InChI=1S/C16H23N5S/c1-13(2)20-8-10-21(11-9-20)15-6-4-14(5-7-15)19-16(22-3)18-12-17/h4-7,13H,8-11H2,1-3H3,(H,18,19). The molecule has 0 amide bonds. The molecule has 118 valence electrons. The van der Waals surface area contributed by atoms with Crippen LogP contribution in [0.25, 0.3) is 0 Å². The third-order valence-corrected chi connectivity index (χ3v) is 4.43. The van der Waals surface area contributed by atoms with E-state index < -0.39 is 0 Å². The van der Waals surface area contributed by atoms with Gasteiger partial charge in [0.05, 0.1) is 5.69 Å². The highest BCUT2D eigenvalue weighted by Crippen LogP contribution is 2.22. The van der Waals surface area contributed by atoms with Crippen LogP contribution >= 0.6 is 11.8 Å². The summed E-state index contributed by atoms with van der Waals surface area (Å²) >= 11 is 1.42. The van der Waals surface area contributed by atoms with Crippen LogP contribution in [-0.4, -0.2) is 48.5 Å². The molecule has 1 aromatic carbocycles. The van der Waals surface area contributed by atoms with Crippen LogP contribution in [0, 0.1) is 11.5 Å². The van der Waals surface area contributed by atoms with Crippen LogP contribution in [0.5, 0.6) is 0 Å². The van der Waals surface area contributed by atoms with E-state index in [9.17, 15) is 0 Å². The van der Waals surface area contributed by atoms with E-state index in [1.54, 1.807) is 0 Å². The maximum absolute atomic E-state index is 8.65. The minimum absolute atomic E-state index is 0.612. The average molecular weight is 317 g/mol. The molecule has 6 heteroatoms. The predicted octanol–water partition coefficient (Wildman–Crippen LogP) is 2.64. The van der Waals surface area contributed by atoms with Gasteiger partial charge in [0, 0.05) is 37.9 Å². The van der Waals surface area contributed by atoms with Gasteiger partial charge in [-0.1, -0.05) is 11.8 Å². The first-order valence-electron chi connectivity index (χ1n) is 7.51. The molecule has 1 fully saturated rings. The molecule has 1 aromatic rings. The smallest absolute Gasteiger partial charge is 0.183 e. The van der Waals surface area contributed by atoms with Crippen molar-refractivity contribution in [1.29, 1.82) is 5.26 Å². The Labute approximate surface area is 137 Å². The van der Waals surface area contributed by atoms with E-state index in [0.29, 0.717) is 11.2 Å². The zero-order chi connectivity index (χ0) is 15.9. The largest absolute Gasteiger partial charge is 0.369 e. The normalized spacial score (nSPS) is 16.7. The summed E-state index contributed by atoms with van der Waals surface area (Å²) in [5.74, 6) is 0. The van der Waals surface area contributed by atoms with Gasteiger partial charge in [0.1, 0.15) is 0 Å². The van der Waals surface area contributed by atoms with Crippen molar-refractivity contribution in [3.63, 3.8) is 0 Å². The van der Waals surface area contributed by atoms with Gasteiger partial charge < -0.3 is 4.90 Å². The third-order valence-electron chi connectivity index (χ3n) is 3.85. The van der Waals surface area contributed by atoms with Gasteiger partial charge in [-0.3, -0.25) is 10.2 Å². The molecular formula is C16H23N5S. The third kappa shape index (κ3) is 4.39. The van der Waals surface area contributed by atoms with Crippen molar-refractivity contribution in [1.82, 2.24) is 10.2 Å². The number of amidine groups is 1. The lowest BCUT2D eigenvalue weighted by atomic mass is 10.2. The second-order valence-electron chi connectivity index (χ2n) is 5.49. The summed E-state index contributed by atoms with van der Waals surface area (Å²) in [6, 6.07) is 8.83. The molecule has 0 radical (unpaired) electrons. The van der Waals surface area contributed by atoms with Crippen molar-refractivity contribution in [2.75, 3.05) is 37.3 Å². The first kappa shape index (κ1) is 16.7. The molecular weight excluding hydrogens is 294 g/mol. The van der Waals surface area contributed by atoms with Gasteiger partial charge in [0.25, 0.3) is 0 Å². The van der Waals surface area contributed by atoms with Crippen molar-refractivity contribution in [3.05, 3.63) is 24.3 Å². The van der Waals surface area contributed by atoms with Gasteiger partial charge in [-0.05, 0) is 44.4 Å². The highest BCUT2D eigenvalue weighted by molar-refractivity contribution is 8.13. The van der Waals surface area contributed by atoms with E-state index in [4.69, 9.17) is 5.26 Å². The number of anilines is 1. The lowest BCUT2D eigenvalue weighted by Crippen LogP contribution is -2.48. The monoisotopic (exact) mass is 317 g/mol. The van der Waals surface area contributed by atoms with Gasteiger partial charge in [-0.15, -0.1) is 0 Å². The van der Waals surface area contributed by atoms with E-state index in [1.165, 1.54) is 17.4 Å². The molecule has 2 rings (SSSR count). The number of nitriles is 1. The molecule has 5 nitrogen and oxygen atoms in total. The molecule has 22 heavy (non-hydrogen) atoms. The quantitative estimate of drug-likeness (QED) is 0.402. The fourth-order valence-corrected chi connectivity index (χ4v) is 2.87. The molecule has 1 aliphatic heterocycles. The Hall–Kier alpha value is -1.71. The summed E-state index contributed by atoms with van der Waals surface area (Å²) in [4.78, 5) is 9.33. The zero-order valence-corrected chi connectivity index (χ0v) is 14.2. The number of aliphatic imine (C=N–C) groups is 1. The first-order chi connectivity index (χ1) is 10.6. The van der Waals surface area contributed by atoms with Gasteiger partial charge in [0.2, 0.25) is 0 Å². The number of benzene rings is 1. The van der Waals surface area contributed by atoms with Crippen LogP contribution in [-0.2, 0) is 0 Å². The van der Waals surface area contributed by atoms with Gasteiger partial charge >= 0.3 is 0 Å². The molecule has 0 bridgehead atoms. The minimum atomic E-state index is 0.612. The highest BCUT2D eigenvalue weighted by atomic mass is 32.2. The summed E-state index contributed by atoms with van der Waals surface area (Å²) in [5, 5.41) is 11.8. The number of hydrogen-bond donors (Lipinski definition) is 1. The van der Waals surface area contributed by atoms with Crippen LogP contribution in [0.4, 0.5) is 11.4 Å². The predicted molar refractivity (Wildman–Crippen MR) is 94.7 cm³/mol. The summed E-state index contributed by atoms with van der Waals surface area (Å²) in [7, 11) is 0. The number of thioether (sulfide) groups is 1.